The Bertz CT molecular complexity index is 593. The Kier molecular flexibility index (Phi) is 4.42. The van der Waals surface area contributed by atoms with Crippen LogP contribution in [-0.4, -0.2) is 0 Å². The standard InChI is InChI=1S/C14H11BrClF2N/c1-8-4-9(2-3-11(8)15)7-19-14-12(16)5-10(17)6-13(14)18/h2-6,19H,7H2,1H3. The van der Waals surface area contributed by atoms with Crippen molar-refractivity contribution in [3.05, 3.63) is 62.6 Å². The molecule has 1 nitrogen and oxygen atoms in total. The molecule has 0 radical (unpaired) electrons. The number of aryl methyl sites for hydroxylation is 1. The molecule has 0 saturated carbocycles. The van der Waals surface area contributed by atoms with E-state index in [0.29, 0.717) is 6.54 Å². The van der Waals surface area contributed by atoms with Crippen LogP contribution < -0.4 is 5.32 Å². The lowest BCUT2D eigenvalue weighted by atomic mass is 10.1. The van der Waals surface area contributed by atoms with E-state index in [4.69, 9.17) is 11.6 Å². The van der Waals surface area contributed by atoms with Crippen LogP contribution in [0, 0.1) is 18.6 Å². The van der Waals surface area contributed by atoms with Gasteiger partial charge in [0.15, 0.2) is 5.82 Å². The molecular weight excluding hydrogens is 336 g/mol. The van der Waals surface area contributed by atoms with Gasteiger partial charge in [0.1, 0.15) is 5.82 Å². The van der Waals surface area contributed by atoms with E-state index in [9.17, 15) is 8.78 Å². The van der Waals surface area contributed by atoms with Crippen molar-refractivity contribution in [1.82, 2.24) is 0 Å². The lowest BCUT2D eigenvalue weighted by Crippen LogP contribution is -2.03. The molecule has 0 aromatic heterocycles. The van der Waals surface area contributed by atoms with Crippen molar-refractivity contribution in [1.29, 1.82) is 0 Å². The lowest BCUT2D eigenvalue weighted by Gasteiger charge is -2.10. The number of nitrogens with one attached hydrogen (secondary N) is 1. The molecule has 0 atom stereocenters. The van der Waals surface area contributed by atoms with Crippen molar-refractivity contribution >= 4 is 33.2 Å². The van der Waals surface area contributed by atoms with E-state index in [1.165, 1.54) is 0 Å². The van der Waals surface area contributed by atoms with Gasteiger partial charge in [-0.3, -0.25) is 0 Å². The van der Waals surface area contributed by atoms with E-state index in [1.54, 1.807) is 0 Å². The van der Waals surface area contributed by atoms with Crippen LogP contribution in [-0.2, 0) is 6.54 Å². The van der Waals surface area contributed by atoms with Gasteiger partial charge in [0.05, 0.1) is 10.7 Å². The molecule has 100 valence electrons. The normalized spacial score (nSPS) is 10.6. The Hall–Kier alpha value is -1.13. The van der Waals surface area contributed by atoms with Gasteiger partial charge < -0.3 is 5.32 Å². The molecule has 19 heavy (non-hydrogen) atoms. The van der Waals surface area contributed by atoms with Crippen LogP contribution in [0.2, 0.25) is 5.02 Å². The van der Waals surface area contributed by atoms with Crippen LogP contribution >= 0.6 is 27.5 Å². The Morgan fingerprint density at radius 3 is 2.58 bits per heavy atom. The predicted octanol–water partition coefficient (Wildman–Crippen LogP) is 5.30. The maximum absolute atomic E-state index is 13.6. The highest BCUT2D eigenvalue weighted by atomic mass is 79.9. The van der Waals surface area contributed by atoms with E-state index >= 15 is 0 Å². The summed E-state index contributed by atoms with van der Waals surface area (Å²) in [5.74, 6) is -1.38. The SMILES string of the molecule is Cc1cc(CNc2c(F)cc(F)cc2Cl)ccc1Br. The van der Waals surface area contributed by atoms with Crippen molar-refractivity contribution in [2.24, 2.45) is 0 Å². The average molecular weight is 347 g/mol. The zero-order valence-corrected chi connectivity index (χ0v) is 12.4. The van der Waals surface area contributed by atoms with Crippen molar-refractivity contribution in [2.75, 3.05) is 5.32 Å². The second-order valence-corrected chi connectivity index (χ2v) is 5.44. The maximum Gasteiger partial charge on any atom is 0.150 e. The first-order valence-corrected chi connectivity index (χ1v) is 6.78. The second kappa shape index (κ2) is 5.88. The number of rotatable bonds is 3. The van der Waals surface area contributed by atoms with E-state index in [-0.39, 0.29) is 10.7 Å². The van der Waals surface area contributed by atoms with Crippen molar-refractivity contribution in [2.45, 2.75) is 13.5 Å². The fourth-order valence-electron chi connectivity index (χ4n) is 1.72. The summed E-state index contributed by atoms with van der Waals surface area (Å²) in [6.07, 6.45) is 0. The third kappa shape index (κ3) is 3.45. The van der Waals surface area contributed by atoms with Gasteiger partial charge in [0, 0.05) is 17.1 Å². The number of hydrogen-bond acceptors (Lipinski definition) is 1. The Morgan fingerprint density at radius 1 is 1.21 bits per heavy atom. The minimum atomic E-state index is -0.696. The van der Waals surface area contributed by atoms with Gasteiger partial charge in [-0.05, 0) is 30.2 Å². The molecule has 0 amide bonds. The topological polar surface area (TPSA) is 12.0 Å². The molecule has 0 aliphatic rings. The molecule has 2 rings (SSSR count). The van der Waals surface area contributed by atoms with Crippen molar-refractivity contribution < 1.29 is 8.78 Å². The summed E-state index contributed by atoms with van der Waals surface area (Å²) in [6.45, 7) is 2.38. The average Bonchev–Trinajstić information content (AvgIpc) is 2.32. The summed E-state index contributed by atoms with van der Waals surface area (Å²) in [5, 5.41) is 2.92. The van der Waals surface area contributed by atoms with Crippen molar-refractivity contribution in [3.8, 4) is 0 Å². The van der Waals surface area contributed by atoms with Crippen molar-refractivity contribution in [3.63, 3.8) is 0 Å². The predicted molar refractivity (Wildman–Crippen MR) is 77.6 cm³/mol. The molecule has 0 spiro atoms. The van der Waals surface area contributed by atoms with Crippen LogP contribution in [0.1, 0.15) is 11.1 Å². The Balaban J connectivity index is 2.16. The number of halogens is 4. The molecule has 0 heterocycles. The smallest absolute Gasteiger partial charge is 0.150 e. The fourth-order valence-corrected chi connectivity index (χ4v) is 2.23. The van der Waals surface area contributed by atoms with Crippen LogP contribution in [0.5, 0.6) is 0 Å². The number of anilines is 1. The molecule has 5 heteroatoms. The van der Waals surface area contributed by atoms with Crippen LogP contribution in [0.3, 0.4) is 0 Å². The molecule has 0 aliphatic carbocycles. The minimum Gasteiger partial charge on any atom is -0.377 e. The molecule has 0 fully saturated rings. The number of hydrogen-bond donors (Lipinski definition) is 1. The summed E-state index contributed by atoms with van der Waals surface area (Å²) in [5.41, 5.74) is 2.19. The summed E-state index contributed by atoms with van der Waals surface area (Å²) >= 11 is 9.22. The van der Waals surface area contributed by atoms with Gasteiger partial charge in [-0.25, -0.2) is 8.78 Å². The first-order valence-electron chi connectivity index (χ1n) is 5.61. The number of benzene rings is 2. The van der Waals surface area contributed by atoms with E-state index in [0.717, 1.165) is 27.7 Å². The second-order valence-electron chi connectivity index (χ2n) is 4.18. The molecule has 0 aliphatic heterocycles. The monoisotopic (exact) mass is 345 g/mol. The summed E-state index contributed by atoms with van der Waals surface area (Å²) in [4.78, 5) is 0. The molecule has 0 bridgehead atoms. The van der Waals surface area contributed by atoms with Gasteiger partial charge in [0.2, 0.25) is 0 Å². The molecule has 0 saturated heterocycles. The van der Waals surface area contributed by atoms with Gasteiger partial charge in [-0.15, -0.1) is 0 Å². The molecule has 1 N–H and O–H groups in total. The molecule has 0 unspecified atom stereocenters. The van der Waals surface area contributed by atoms with Crippen LogP contribution in [0.25, 0.3) is 0 Å². The highest BCUT2D eigenvalue weighted by Crippen LogP contribution is 2.27. The highest BCUT2D eigenvalue weighted by Gasteiger charge is 2.09. The molecule has 2 aromatic rings. The largest absolute Gasteiger partial charge is 0.377 e. The quantitative estimate of drug-likeness (QED) is 0.795. The molecular formula is C14H11BrClF2N. The van der Waals surface area contributed by atoms with Crippen LogP contribution in [0.4, 0.5) is 14.5 Å². The minimum absolute atomic E-state index is 0.0336. The van der Waals surface area contributed by atoms with Gasteiger partial charge in [-0.2, -0.15) is 0 Å². The first kappa shape index (κ1) is 14.3. The molecule has 2 aromatic carbocycles. The Labute approximate surface area is 123 Å². The summed E-state index contributed by atoms with van der Waals surface area (Å²) < 4.78 is 27.5. The van der Waals surface area contributed by atoms with Gasteiger partial charge in [-0.1, -0.05) is 39.7 Å². The maximum atomic E-state index is 13.6. The van der Waals surface area contributed by atoms with Crippen LogP contribution in [0.15, 0.2) is 34.8 Å². The first-order chi connectivity index (χ1) is 8.97. The highest BCUT2D eigenvalue weighted by molar-refractivity contribution is 9.10. The lowest BCUT2D eigenvalue weighted by molar-refractivity contribution is 0.585. The Morgan fingerprint density at radius 2 is 1.95 bits per heavy atom. The van der Waals surface area contributed by atoms with E-state index in [1.807, 2.05) is 25.1 Å². The van der Waals surface area contributed by atoms with Gasteiger partial charge in [0.25, 0.3) is 0 Å². The van der Waals surface area contributed by atoms with Gasteiger partial charge >= 0.3 is 0 Å². The third-order valence-electron chi connectivity index (χ3n) is 2.70. The fraction of sp³-hybridized carbons (Fsp3) is 0.143. The zero-order chi connectivity index (χ0) is 14.0. The zero-order valence-electron chi connectivity index (χ0n) is 10.1. The summed E-state index contributed by atoms with van der Waals surface area (Å²) in [6, 6.07) is 7.71. The summed E-state index contributed by atoms with van der Waals surface area (Å²) in [7, 11) is 0. The third-order valence-corrected chi connectivity index (χ3v) is 3.89. The van der Waals surface area contributed by atoms with E-state index in [2.05, 4.69) is 21.2 Å². The van der Waals surface area contributed by atoms with E-state index < -0.39 is 11.6 Å².